The summed E-state index contributed by atoms with van der Waals surface area (Å²) < 4.78 is 47.1. The number of amides is 1. The van der Waals surface area contributed by atoms with Gasteiger partial charge in [-0.15, -0.1) is 0 Å². The van der Waals surface area contributed by atoms with Crippen LogP contribution in [0, 0.1) is 11.3 Å². The Balaban J connectivity index is 1.61. The summed E-state index contributed by atoms with van der Waals surface area (Å²) in [6.45, 7) is 0. The van der Waals surface area contributed by atoms with Crippen molar-refractivity contribution in [2.75, 3.05) is 0 Å². The number of aldehydes is 1. The number of hydrogen-bond acceptors (Lipinski definition) is 2. The summed E-state index contributed by atoms with van der Waals surface area (Å²) in [4.78, 5) is 23.2. The van der Waals surface area contributed by atoms with E-state index in [0.29, 0.717) is 11.8 Å². The Hall–Kier alpha value is -1.56. The first-order chi connectivity index (χ1) is 13.1. The van der Waals surface area contributed by atoms with Crippen LogP contribution in [0.2, 0.25) is 0 Å². The van der Waals surface area contributed by atoms with Crippen molar-refractivity contribution in [3.8, 4) is 0 Å². The molecule has 0 unspecified atom stereocenters. The van der Waals surface area contributed by atoms with Crippen LogP contribution >= 0.6 is 11.6 Å². The molecule has 4 saturated carbocycles. The summed E-state index contributed by atoms with van der Waals surface area (Å²) in [5.74, 6) is -1.47. The van der Waals surface area contributed by atoms with E-state index in [2.05, 4.69) is 5.32 Å². The average Bonchev–Trinajstić information content (AvgIpc) is 2.59. The minimum absolute atomic E-state index is 0.0450. The second-order valence-electron chi connectivity index (χ2n) is 8.97. The molecule has 1 amide bonds. The lowest BCUT2D eigenvalue weighted by Crippen LogP contribution is -2.73. The normalized spacial score (nSPS) is 42.2. The number of hydrogen-bond donors (Lipinski definition) is 1. The van der Waals surface area contributed by atoms with Crippen molar-refractivity contribution in [1.82, 2.24) is 5.32 Å². The van der Waals surface area contributed by atoms with Crippen molar-refractivity contribution in [1.29, 1.82) is 0 Å². The Labute approximate surface area is 167 Å². The molecule has 0 heterocycles. The van der Waals surface area contributed by atoms with Crippen LogP contribution < -0.4 is 5.32 Å². The van der Waals surface area contributed by atoms with Crippen LogP contribution in [0.1, 0.15) is 55.3 Å². The maximum Gasteiger partial charge on any atom is 0.252 e. The summed E-state index contributed by atoms with van der Waals surface area (Å²) in [5, 5.41) is 2.63. The third-order valence-corrected chi connectivity index (χ3v) is 7.41. The Morgan fingerprint density at radius 3 is 2.29 bits per heavy atom. The van der Waals surface area contributed by atoms with Crippen molar-refractivity contribution >= 4 is 23.8 Å². The Kier molecular flexibility index (Phi) is 4.57. The fourth-order valence-electron chi connectivity index (χ4n) is 6.27. The van der Waals surface area contributed by atoms with Gasteiger partial charge in [-0.1, -0.05) is 29.8 Å². The molecular weight excluding hydrogens is 391 g/mol. The third kappa shape index (κ3) is 3.04. The highest BCUT2D eigenvalue weighted by molar-refractivity contribution is 6.22. The number of carbonyl (C=O) groups excluding carboxylic acids is 2. The molecule has 0 aliphatic heterocycles. The minimum atomic E-state index is -2.06. The first-order valence-electron chi connectivity index (χ1n) is 9.64. The highest BCUT2D eigenvalue weighted by Gasteiger charge is 2.75. The van der Waals surface area contributed by atoms with Crippen LogP contribution in [0.4, 0.5) is 13.2 Å². The van der Waals surface area contributed by atoms with Crippen LogP contribution in [0.15, 0.2) is 30.3 Å². The summed E-state index contributed by atoms with van der Waals surface area (Å²) in [6, 6.07) is 8.38. The van der Waals surface area contributed by atoms with Gasteiger partial charge in [0.2, 0.25) is 0 Å². The number of halogens is 4. The van der Waals surface area contributed by atoms with Gasteiger partial charge in [0.1, 0.15) is 28.8 Å². The molecular formula is C21H23ClF3NO2. The Morgan fingerprint density at radius 2 is 1.71 bits per heavy atom. The number of nitrogens with one attached hydrogen (secondary N) is 1. The van der Waals surface area contributed by atoms with Gasteiger partial charge in [0.05, 0.1) is 0 Å². The lowest BCUT2D eigenvalue weighted by Gasteiger charge is -2.67. The molecule has 3 nitrogen and oxygen atoms in total. The second kappa shape index (κ2) is 6.48. The van der Waals surface area contributed by atoms with Gasteiger partial charge in [0.15, 0.2) is 0 Å². The third-order valence-electron chi connectivity index (χ3n) is 6.84. The van der Waals surface area contributed by atoms with E-state index < -0.39 is 39.7 Å². The maximum atomic E-state index is 15.9. The summed E-state index contributed by atoms with van der Waals surface area (Å²) >= 11 is 6.50. The topological polar surface area (TPSA) is 46.2 Å². The van der Waals surface area contributed by atoms with Crippen LogP contribution in [-0.2, 0) is 4.79 Å². The zero-order valence-corrected chi connectivity index (χ0v) is 16.2. The van der Waals surface area contributed by atoms with Crippen molar-refractivity contribution in [2.45, 2.75) is 67.5 Å². The minimum Gasteiger partial charge on any atom is -0.335 e. The molecule has 0 saturated heterocycles. The quantitative estimate of drug-likeness (QED) is 0.418. The highest BCUT2D eigenvalue weighted by Crippen LogP contribution is 2.72. The van der Waals surface area contributed by atoms with E-state index in [0.717, 1.165) is 0 Å². The van der Waals surface area contributed by atoms with Crippen LogP contribution in [0.5, 0.6) is 0 Å². The largest absolute Gasteiger partial charge is 0.335 e. The van der Waals surface area contributed by atoms with Crippen LogP contribution in [-0.4, -0.2) is 34.7 Å². The number of benzene rings is 1. The van der Waals surface area contributed by atoms with Gasteiger partial charge in [-0.2, -0.15) is 0 Å². The Morgan fingerprint density at radius 1 is 1.11 bits per heavy atom. The molecule has 28 heavy (non-hydrogen) atoms. The molecule has 0 aromatic heterocycles. The molecule has 1 N–H and O–H groups in total. The van der Waals surface area contributed by atoms with Gasteiger partial charge < -0.3 is 10.1 Å². The van der Waals surface area contributed by atoms with E-state index in [1.165, 1.54) is 0 Å². The number of rotatable bonds is 6. The smallest absolute Gasteiger partial charge is 0.252 e. The van der Waals surface area contributed by atoms with E-state index >= 15 is 13.2 Å². The first-order valence-corrected chi connectivity index (χ1v) is 10.1. The fourth-order valence-corrected chi connectivity index (χ4v) is 6.60. The van der Waals surface area contributed by atoms with Gasteiger partial charge in [-0.05, 0) is 37.8 Å². The second-order valence-corrected chi connectivity index (χ2v) is 9.40. The van der Waals surface area contributed by atoms with E-state index in [1.807, 2.05) is 0 Å². The monoisotopic (exact) mass is 413 g/mol. The first kappa shape index (κ1) is 19.7. The average molecular weight is 414 g/mol. The highest BCUT2D eigenvalue weighted by atomic mass is 35.5. The number of alkyl halides is 4. The maximum absolute atomic E-state index is 15.9. The molecule has 4 aliphatic carbocycles. The van der Waals surface area contributed by atoms with Gasteiger partial charge in [-0.25, -0.2) is 13.2 Å². The van der Waals surface area contributed by atoms with Crippen molar-refractivity contribution in [3.05, 3.63) is 35.9 Å². The predicted molar refractivity (Wildman–Crippen MR) is 99.4 cm³/mol. The molecule has 1 aromatic rings. The van der Waals surface area contributed by atoms with Crippen molar-refractivity contribution in [3.63, 3.8) is 0 Å². The van der Waals surface area contributed by atoms with E-state index in [9.17, 15) is 9.59 Å². The summed E-state index contributed by atoms with van der Waals surface area (Å²) in [7, 11) is 0. The molecule has 1 aromatic carbocycles. The molecule has 0 spiro atoms. The predicted octanol–water partition coefficient (Wildman–Crippen LogP) is 4.68. The lowest BCUT2D eigenvalue weighted by atomic mass is 9.42. The van der Waals surface area contributed by atoms with Gasteiger partial charge in [0, 0.05) is 36.2 Å². The SMILES string of the molecule is O=CCCC1[C@@]2(F)CC3(F)CC([C@H](Cl)NC(=O)c4ccccc4)(C2)C[C@]1(F)C3. The molecule has 4 aliphatic rings. The lowest BCUT2D eigenvalue weighted by molar-refractivity contribution is -0.254. The molecule has 3 atom stereocenters. The molecule has 4 fully saturated rings. The molecule has 152 valence electrons. The van der Waals surface area contributed by atoms with Crippen LogP contribution in [0.25, 0.3) is 0 Å². The molecule has 0 radical (unpaired) electrons. The van der Waals surface area contributed by atoms with Crippen LogP contribution in [0.3, 0.4) is 0 Å². The molecule has 5 rings (SSSR count). The summed E-state index contributed by atoms with van der Waals surface area (Å²) in [5.41, 5.74) is -8.02. The van der Waals surface area contributed by atoms with Crippen molar-refractivity contribution in [2.24, 2.45) is 11.3 Å². The number of carbonyl (C=O) groups is 2. The van der Waals surface area contributed by atoms with E-state index in [-0.39, 0.29) is 44.9 Å². The van der Waals surface area contributed by atoms with E-state index in [4.69, 9.17) is 11.6 Å². The Bertz CT molecular complexity index is 769. The zero-order valence-electron chi connectivity index (χ0n) is 15.4. The molecule has 7 heteroatoms. The van der Waals surface area contributed by atoms with Gasteiger partial charge >= 0.3 is 0 Å². The van der Waals surface area contributed by atoms with Gasteiger partial charge in [-0.3, -0.25) is 4.79 Å². The summed E-state index contributed by atoms with van der Waals surface area (Å²) in [6.07, 6.45) is -0.270. The molecule has 4 bridgehead atoms. The zero-order chi connectivity index (χ0) is 20.2. The standard InChI is InChI=1S/C21H23ClF3NO2/c22-17(26-16(28)14-5-2-1-3-6-14)18-9-19(23)12-20(24,10-18)15(7-4-8-27)21(25,11-18)13-19/h1-3,5-6,8,15,17H,4,7,9-13H2,(H,26,28)/t15?,17-,18?,19?,20+,21+/m1/s1. The van der Waals surface area contributed by atoms with Gasteiger partial charge in [0.25, 0.3) is 5.91 Å². The van der Waals surface area contributed by atoms with Crippen molar-refractivity contribution < 1.29 is 22.8 Å². The fraction of sp³-hybridized carbons (Fsp3) is 0.619. The van der Waals surface area contributed by atoms with E-state index in [1.54, 1.807) is 30.3 Å².